The van der Waals surface area contributed by atoms with Gasteiger partial charge in [0.15, 0.2) is 17.3 Å². The average Bonchev–Trinajstić information content (AvgIpc) is 3.36. The van der Waals surface area contributed by atoms with Gasteiger partial charge < -0.3 is 14.2 Å². The monoisotopic (exact) mass is 371 g/mol. The molecule has 5 rings (SSSR count). The van der Waals surface area contributed by atoms with Crippen LogP contribution in [0.1, 0.15) is 61.1 Å². The van der Waals surface area contributed by atoms with E-state index in [0.717, 1.165) is 48.7 Å². The summed E-state index contributed by atoms with van der Waals surface area (Å²) in [7, 11) is 3.81. The van der Waals surface area contributed by atoms with Gasteiger partial charge in [0.1, 0.15) is 6.04 Å². The Hall–Kier alpha value is -2.35. The topological polar surface area (TPSA) is 74.5 Å². The van der Waals surface area contributed by atoms with Crippen molar-refractivity contribution in [1.29, 1.82) is 0 Å². The lowest BCUT2D eigenvalue weighted by atomic mass is 9.90. The number of hydrogen-bond acceptors (Lipinski definition) is 7. The van der Waals surface area contributed by atoms with E-state index in [9.17, 15) is 0 Å². The van der Waals surface area contributed by atoms with E-state index < -0.39 is 0 Å². The summed E-state index contributed by atoms with van der Waals surface area (Å²) >= 11 is 0. The Labute approximate surface area is 158 Å². The van der Waals surface area contributed by atoms with Crippen LogP contribution >= 0.6 is 0 Å². The minimum atomic E-state index is -0.0601. The molecule has 0 radical (unpaired) electrons. The first-order chi connectivity index (χ1) is 13.3. The summed E-state index contributed by atoms with van der Waals surface area (Å²) in [6, 6.07) is 2.41. The van der Waals surface area contributed by atoms with Gasteiger partial charge in [0, 0.05) is 12.1 Å². The first-order valence-corrected chi connectivity index (χ1v) is 9.75. The molecular weight excluding hydrogens is 346 g/mol. The van der Waals surface area contributed by atoms with E-state index in [0.29, 0.717) is 11.8 Å². The minimum absolute atomic E-state index is 0.0601. The Bertz CT molecular complexity index is 846. The Kier molecular flexibility index (Phi) is 4.15. The van der Waals surface area contributed by atoms with Crippen molar-refractivity contribution in [3.05, 3.63) is 23.0 Å². The summed E-state index contributed by atoms with van der Waals surface area (Å²) in [6.45, 7) is 1.16. The molecule has 1 aliphatic carbocycles. The van der Waals surface area contributed by atoms with Gasteiger partial charge in [-0.3, -0.25) is 4.90 Å². The van der Waals surface area contributed by atoms with Crippen LogP contribution in [0.5, 0.6) is 17.2 Å². The normalized spacial score (nSPS) is 22.7. The minimum Gasteiger partial charge on any atom is -0.492 e. The van der Waals surface area contributed by atoms with Crippen LogP contribution in [-0.2, 0) is 6.42 Å². The molecule has 0 spiro atoms. The summed E-state index contributed by atoms with van der Waals surface area (Å²) in [6.07, 6.45) is 6.99. The van der Waals surface area contributed by atoms with Crippen LogP contribution in [0.25, 0.3) is 0 Å². The molecule has 1 saturated carbocycles. The highest BCUT2D eigenvalue weighted by Gasteiger charge is 2.38. The highest BCUT2D eigenvalue weighted by Crippen LogP contribution is 2.50. The maximum Gasteiger partial charge on any atom is 0.231 e. The second-order valence-corrected chi connectivity index (χ2v) is 7.62. The van der Waals surface area contributed by atoms with E-state index >= 15 is 0 Å². The Morgan fingerprint density at radius 3 is 2.85 bits per heavy atom. The molecule has 0 N–H and O–H groups in total. The zero-order valence-corrected chi connectivity index (χ0v) is 15.8. The highest BCUT2D eigenvalue weighted by atomic mass is 16.7. The summed E-state index contributed by atoms with van der Waals surface area (Å²) < 4.78 is 19.2. The first kappa shape index (κ1) is 16.8. The molecule has 0 unspecified atom stereocenters. The predicted octanol–water partition coefficient (Wildman–Crippen LogP) is 2.49. The first-order valence-electron chi connectivity index (χ1n) is 9.75. The summed E-state index contributed by atoms with van der Waals surface area (Å²) in [5.41, 5.74) is 2.32. The Morgan fingerprint density at radius 2 is 2.04 bits per heavy atom. The largest absolute Gasteiger partial charge is 0.492 e. The van der Waals surface area contributed by atoms with Crippen LogP contribution in [0.3, 0.4) is 0 Å². The maximum atomic E-state index is 5.81. The number of tetrazole rings is 1. The zero-order chi connectivity index (χ0) is 18.4. The molecule has 1 aromatic heterocycles. The number of aromatic nitrogens is 4. The second-order valence-electron chi connectivity index (χ2n) is 7.62. The maximum absolute atomic E-state index is 5.81. The fourth-order valence-electron chi connectivity index (χ4n) is 4.73. The van der Waals surface area contributed by atoms with Gasteiger partial charge in [0.2, 0.25) is 12.5 Å². The highest BCUT2D eigenvalue weighted by molar-refractivity contribution is 5.62. The number of benzene rings is 1. The number of nitrogens with zero attached hydrogens (tertiary/aromatic N) is 5. The molecule has 0 amide bonds. The third kappa shape index (κ3) is 2.65. The SMILES string of the molecule is COc1c2c(cc3c1[C@@H](c1nnnn1C1CCCCC1)N(C)CC3)OCO2. The van der Waals surface area contributed by atoms with E-state index in [-0.39, 0.29) is 12.8 Å². The molecule has 144 valence electrons. The molecular formula is C19H25N5O3. The van der Waals surface area contributed by atoms with Crippen molar-refractivity contribution in [3.8, 4) is 17.2 Å². The third-order valence-corrected chi connectivity index (χ3v) is 6.08. The predicted molar refractivity (Wildman–Crippen MR) is 97.2 cm³/mol. The van der Waals surface area contributed by atoms with Gasteiger partial charge >= 0.3 is 0 Å². The molecule has 8 nitrogen and oxygen atoms in total. The van der Waals surface area contributed by atoms with Crippen LogP contribution in [0, 0.1) is 0 Å². The third-order valence-electron chi connectivity index (χ3n) is 6.08. The van der Waals surface area contributed by atoms with Crippen molar-refractivity contribution in [2.75, 3.05) is 27.5 Å². The molecule has 0 saturated heterocycles. The summed E-state index contributed by atoms with van der Waals surface area (Å²) in [4.78, 5) is 2.30. The summed E-state index contributed by atoms with van der Waals surface area (Å²) in [5, 5.41) is 12.9. The van der Waals surface area contributed by atoms with Crippen LogP contribution in [0.15, 0.2) is 6.07 Å². The molecule has 2 aliphatic heterocycles. The number of methoxy groups -OCH3 is 1. The number of likely N-dealkylation sites (N-methyl/N-ethyl adjacent to an activating group) is 1. The zero-order valence-electron chi connectivity index (χ0n) is 15.8. The van der Waals surface area contributed by atoms with Gasteiger partial charge in [-0.2, -0.15) is 0 Å². The number of hydrogen-bond donors (Lipinski definition) is 0. The van der Waals surface area contributed by atoms with Crippen LogP contribution < -0.4 is 14.2 Å². The van der Waals surface area contributed by atoms with Crippen molar-refractivity contribution in [2.45, 2.75) is 50.6 Å². The van der Waals surface area contributed by atoms with E-state index in [1.807, 2.05) is 0 Å². The average molecular weight is 371 g/mol. The lowest BCUT2D eigenvalue weighted by Crippen LogP contribution is -2.35. The smallest absolute Gasteiger partial charge is 0.231 e. The molecule has 3 aliphatic rings. The van der Waals surface area contributed by atoms with Crippen molar-refractivity contribution >= 4 is 0 Å². The quantitative estimate of drug-likeness (QED) is 0.820. The molecule has 0 bridgehead atoms. The number of fused-ring (bicyclic) bond motifs is 2. The molecule has 1 atom stereocenters. The molecule has 3 heterocycles. The summed E-state index contributed by atoms with van der Waals surface area (Å²) in [5.74, 6) is 3.09. The molecule has 2 aromatic rings. The van der Waals surface area contributed by atoms with Gasteiger partial charge in [-0.1, -0.05) is 19.3 Å². The van der Waals surface area contributed by atoms with Gasteiger partial charge in [-0.05, 0) is 48.4 Å². The molecule has 8 heteroatoms. The standard InChI is InChI=1S/C19H25N5O3/c1-23-9-8-12-10-14-17(27-11-26-14)18(25-2)15(12)16(23)19-20-21-22-24(19)13-6-4-3-5-7-13/h10,13,16H,3-9,11H2,1-2H3/t16-/m0/s1. The van der Waals surface area contributed by atoms with E-state index in [1.54, 1.807) is 7.11 Å². The van der Waals surface area contributed by atoms with Gasteiger partial charge in [-0.25, -0.2) is 4.68 Å². The van der Waals surface area contributed by atoms with E-state index in [4.69, 9.17) is 14.2 Å². The Balaban J connectivity index is 1.64. The van der Waals surface area contributed by atoms with E-state index in [1.165, 1.54) is 24.8 Å². The fourth-order valence-corrected chi connectivity index (χ4v) is 4.73. The van der Waals surface area contributed by atoms with Gasteiger partial charge in [0.25, 0.3) is 0 Å². The van der Waals surface area contributed by atoms with E-state index in [2.05, 4.69) is 38.2 Å². The van der Waals surface area contributed by atoms with Crippen molar-refractivity contribution < 1.29 is 14.2 Å². The second kappa shape index (κ2) is 6.67. The Morgan fingerprint density at radius 1 is 1.19 bits per heavy atom. The molecule has 27 heavy (non-hydrogen) atoms. The van der Waals surface area contributed by atoms with Crippen LogP contribution in [0.4, 0.5) is 0 Å². The number of ether oxygens (including phenoxy) is 3. The van der Waals surface area contributed by atoms with Crippen LogP contribution in [-0.4, -0.2) is 52.6 Å². The number of rotatable bonds is 3. The van der Waals surface area contributed by atoms with Gasteiger partial charge in [-0.15, -0.1) is 5.10 Å². The van der Waals surface area contributed by atoms with Crippen molar-refractivity contribution in [1.82, 2.24) is 25.1 Å². The van der Waals surface area contributed by atoms with Crippen molar-refractivity contribution in [3.63, 3.8) is 0 Å². The van der Waals surface area contributed by atoms with Crippen molar-refractivity contribution in [2.24, 2.45) is 0 Å². The molecule has 1 fully saturated rings. The van der Waals surface area contributed by atoms with Gasteiger partial charge in [0.05, 0.1) is 13.2 Å². The van der Waals surface area contributed by atoms with Crippen LogP contribution in [0.2, 0.25) is 0 Å². The molecule has 1 aromatic carbocycles. The lowest BCUT2D eigenvalue weighted by Gasteiger charge is -2.35. The lowest BCUT2D eigenvalue weighted by molar-refractivity contribution is 0.170. The fraction of sp³-hybridized carbons (Fsp3) is 0.632.